The summed E-state index contributed by atoms with van der Waals surface area (Å²) in [6.07, 6.45) is 6.46. The Labute approximate surface area is 123 Å². The first-order chi connectivity index (χ1) is 10.2. The first-order valence-electron chi connectivity index (χ1n) is 7.00. The maximum absolute atomic E-state index is 11.2. The third-order valence-corrected chi connectivity index (χ3v) is 3.80. The third-order valence-electron chi connectivity index (χ3n) is 3.80. The van der Waals surface area contributed by atoms with Crippen molar-refractivity contribution in [3.8, 4) is 6.07 Å². The number of ether oxygens (including phenoxy) is 1. The number of aromatic nitrogens is 1. The molecule has 7 nitrogen and oxygen atoms in total. The number of nitrogens with zero attached hydrogens (tertiary/aromatic N) is 3. The zero-order valence-electron chi connectivity index (χ0n) is 11.9. The van der Waals surface area contributed by atoms with Crippen LogP contribution in [0.4, 0.5) is 11.5 Å². The lowest BCUT2D eigenvalue weighted by molar-refractivity contribution is -0.384. The van der Waals surface area contributed by atoms with Gasteiger partial charge in [0.05, 0.1) is 17.1 Å². The molecule has 1 aliphatic carbocycles. The topological polar surface area (TPSA) is 101 Å². The smallest absolute Gasteiger partial charge is 0.328 e. The van der Waals surface area contributed by atoms with Crippen LogP contribution in [0.25, 0.3) is 0 Å². The molecular formula is C14H18N4O3. The molecule has 1 aromatic rings. The molecule has 0 radical (unpaired) electrons. The highest BCUT2D eigenvalue weighted by Gasteiger charge is 2.28. The summed E-state index contributed by atoms with van der Waals surface area (Å²) >= 11 is 0. The Balaban J connectivity index is 2.29. The number of nitriles is 1. The molecule has 7 heteroatoms. The quantitative estimate of drug-likeness (QED) is 0.519. The van der Waals surface area contributed by atoms with Gasteiger partial charge in [-0.25, -0.2) is 4.98 Å². The van der Waals surface area contributed by atoms with E-state index in [-0.39, 0.29) is 29.2 Å². The molecule has 21 heavy (non-hydrogen) atoms. The standard InChI is InChI=1S/C14H18N4O3/c1-21-12-6-4-2-3-5-11(12)17-14-13(18(19)20)10(9-15)7-8-16-14/h7-8,11-12H,2-6H2,1H3,(H,16,17)/t11-,12+/m0/s1. The fourth-order valence-corrected chi connectivity index (χ4v) is 2.73. The van der Waals surface area contributed by atoms with Gasteiger partial charge in [-0.05, 0) is 18.9 Å². The molecule has 1 fully saturated rings. The van der Waals surface area contributed by atoms with Gasteiger partial charge in [0.25, 0.3) is 0 Å². The third kappa shape index (κ3) is 3.47. The second kappa shape index (κ2) is 6.99. The lowest BCUT2D eigenvalue weighted by Crippen LogP contribution is -2.34. The second-order valence-corrected chi connectivity index (χ2v) is 5.09. The van der Waals surface area contributed by atoms with Crippen LogP contribution in [0, 0.1) is 21.4 Å². The summed E-state index contributed by atoms with van der Waals surface area (Å²) in [5.74, 6) is 0.146. The van der Waals surface area contributed by atoms with E-state index in [1.54, 1.807) is 7.11 Å². The minimum atomic E-state index is -0.563. The molecule has 0 unspecified atom stereocenters. The monoisotopic (exact) mass is 290 g/mol. The van der Waals surface area contributed by atoms with Crippen LogP contribution in [-0.4, -0.2) is 29.2 Å². The predicted octanol–water partition coefficient (Wildman–Crippen LogP) is 2.62. The predicted molar refractivity (Wildman–Crippen MR) is 76.9 cm³/mol. The minimum absolute atomic E-state index is 0.000328. The van der Waals surface area contributed by atoms with Gasteiger partial charge in [0.2, 0.25) is 5.82 Å². The molecule has 1 saturated carbocycles. The number of anilines is 1. The van der Waals surface area contributed by atoms with Gasteiger partial charge in [0.1, 0.15) is 11.6 Å². The van der Waals surface area contributed by atoms with Gasteiger partial charge in [-0.15, -0.1) is 0 Å². The van der Waals surface area contributed by atoms with Gasteiger partial charge in [0.15, 0.2) is 0 Å². The number of methoxy groups -OCH3 is 1. The second-order valence-electron chi connectivity index (χ2n) is 5.09. The molecule has 0 bridgehead atoms. The van der Waals surface area contributed by atoms with Crippen molar-refractivity contribution in [1.29, 1.82) is 5.26 Å². The van der Waals surface area contributed by atoms with E-state index in [1.807, 2.05) is 6.07 Å². The van der Waals surface area contributed by atoms with Crippen LogP contribution in [0.3, 0.4) is 0 Å². The molecule has 1 heterocycles. The molecule has 0 saturated heterocycles. The van der Waals surface area contributed by atoms with Crippen LogP contribution >= 0.6 is 0 Å². The molecule has 0 spiro atoms. The van der Waals surface area contributed by atoms with Crippen LogP contribution in [0.1, 0.15) is 37.7 Å². The molecule has 112 valence electrons. The van der Waals surface area contributed by atoms with Crippen LogP contribution in [0.2, 0.25) is 0 Å². The Kier molecular flexibility index (Phi) is 5.06. The molecule has 0 aliphatic heterocycles. The zero-order chi connectivity index (χ0) is 15.2. The summed E-state index contributed by atoms with van der Waals surface area (Å²) in [5.41, 5.74) is -0.251. The highest BCUT2D eigenvalue weighted by atomic mass is 16.6. The molecule has 0 amide bonds. The van der Waals surface area contributed by atoms with E-state index in [2.05, 4.69) is 10.3 Å². The number of nitro groups is 1. The fourth-order valence-electron chi connectivity index (χ4n) is 2.73. The molecule has 1 aliphatic rings. The Morgan fingerprint density at radius 2 is 2.24 bits per heavy atom. The number of hydrogen-bond acceptors (Lipinski definition) is 6. The Morgan fingerprint density at radius 1 is 1.48 bits per heavy atom. The van der Waals surface area contributed by atoms with Crippen LogP contribution < -0.4 is 5.32 Å². The van der Waals surface area contributed by atoms with Crippen LogP contribution in [0.5, 0.6) is 0 Å². The molecule has 2 atom stereocenters. The maximum Gasteiger partial charge on any atom is 0.328 e. The minimum Gasteiger partial charge on any atom is -0.379 e. The Bertz CT molecular complexity index is 556. The van der Waals surface area contributed by atoms with Gasteiger partial charge < -0.3 is 10.1 Å². The van der Waals surface area contributed by atoms with E-state index in [0.29, 0.717) is 0 Å². The normalized spacial score (nSPS) is 22.1. The van der Waals surface area contributed by atoms with Crippen molar-refractivity contribution in [3.63, 3.8) is 0 Å². The van der Waals surface area contributed by atoms with Crippen molar-refractivity contribution in [2.45, 2.75) is 44.2 Å². The molecule has 2 rings (SSSR count). The van der Waals surface area contributed by atoms with Crippen molar-refractivity contribution in [2.75, 3.05) is 12.4 Å². The molecule has 0 aromatic carbocycles. The first-order valence-corrected chi connectivity index (χ1v) is 7.00. The number of hydrogen-bond donors (Lipinski definition) is 1. The fraction of sp³-hybridized carbons (Fsp3) is 0.571. The van der Waals surface area contributed by atoms with Crippen molar-refractivity contribution < 1.29 is 9.66 Å². The van der Waals surface area contributed by atoms with Crippen molar-refractivity contribution in [3.05, 3.63) is 27.9 Å². The maximum atomic E-state index is 11.2. The van der Waals surface area contributed by atoms with Crippen molar-refractivity contribution >= 4 is 11.5 Å². The highest BCUT2D eigenvalue weighted by Crippen LogP contribution is 2.29. The summed E-state index contributed by atoms with van der Waals surface area (Å²) in [5, 5.41) is 23.3. The summed E-state index contributed by atoms with van der Waals surface area (Å²) in [6, 6.07) is 3.16. The van der Waals surface area contributed by atoms with E-state index in [1.165, 1.54) is 12.3 Å². The summed E-state index contributed by atoms with van der Waals surface area (Å²) in [4.78, 5) is 14.7. The van der Waals surface area contributed by atoms with Gasteiger partial charge in [0, 0.05) is 13.3 Å². The molecule has 1 aromatic heterocycles. The van der Waals surface area contributed by atoms with E-state index in [9.17, 15) is 10.1 Å². The molecule has 1 N–H and O–H groups in total. The Morgan fingerprint density at radius 3 is 2.90 bits per heavy atom. The van der Waals surface area contributed by atoms with E-state index in [4.69, 9.17) is 10.00 Å². The summed E-state index contributed by atoms with van der Waals surface area (Å²) < 4.78 is 5.49. The van der Waals surface area contributed by atoms with Gasteiger partial charge in [-0.1, -0.05) is 19.3 Å². The lowest BCUT2D eigenvalue weighted by atomic mass is 10.1. The number of nitrogens with one attached hydrogen (secondary N) is 1. The number of pyridine rings is 1. The summed E-state index contributed by atoms with van der Waals surface area (Å²) in [7, 11) is 1.65. The zero-order valence-corrected chi connectivity index (χ0v) is 11.9. The summed E-state index contributed by atoms with van der Waals surface area (Å²) in [6.45, 7) is 0. The van der Waals surface area contributed by atoms with E-state index < -0.39 is 4.92 Å². The van der Waals surface area contributed by atoms with Gasteiger partial charge in [-0.2, -0.15) is 5.26 Å². The number of rotatable bonds is 4. The van der Waals surface area contributed by atoms with Crippen LogP contribution in [-0.2, 0) is 4.74 Å². The first kappa shape index (κ1) is 15.2. The molecular weight excluding hydrogens is 272 g/mol. The van der Waals surface area contributed by atoms with Crippen molar-refractivity contribution in [2.24, 2.45) is 0 Å². The van der Waals surface area contributed by atoms with Gasteiger partial charge in [-0.3, -0.25) is 10.1 Å². The lowest BCUT2D eigenvalue weighted by Gasteiger charge is -2.25. The average Bonchev–Trinajstić information content (AvgIpc) is 2.71. The van der Waals surface area contributed by atoms with Gasteiger partial charge >= 0.3 is 5.69 Å². The average molecular weight is 290 g/mol. The van der Waals surface area contributed by atoms with E-state index in [0.717, 1.165) is 32.1 Å². The Hall–Kier alpha value is -2.20. The van der Waals surface area contributed by atoms with Crippen LogP contribution in [0.15, 0.2) is 12.3 Å². The van der Waals surface area contributed by atoms with Crippen molar-refractivity contribution in [1.82, 2.24) is 4.98 Å². The van der Waals surface area contributed by atoms with E-state index >= 15 is 0 Å². The largest absolute Gasteiger partial charge is 0.379 e. The SMILES string of the molecule is CO[C@@H]1CCCCC[C@@H]1Nc1nccc(C#N)c1[N+](=O)[O-]. The highest BCUT2D eigenvalue weighted by molar-refractivity contribution is 5.64.